The lowest BCUT2D eigenvalue weighted by Gasteiger charge is -2.64. The molecule has 6 rings (SSSR count). The molecule has 1 saturated heterocycles. The Hall–Kier alpha value is -3.62. The van der Waals surface area contributed by atoms with E-state index in [1.807, 2.05) is 13.0 Å². The van der Waals surface area contributed by atoms with E-state index in [4.69, 9.17) is 18.6 Å². The van der Waals surface area contributed by atoms with Crippen LogP contribution in [-0.4, -0.2) is 31.1 Å². The molecular weight excluding hydrogens is 481 g/mol. The van der Waals surface area contributed by atoms with Crippen molar-refractivity contribution >= 4 is 23.5 Å². The fraction of sp³-hybridized carbons (Fsp3) is 0.464. The molecule has 3 aliphatic carbocycles. The highest BCUT2D eigenvalue weighted by Crippen LogP contribution is 2.70. The van der Waals surface area contributed by atoms with Gasteiger partial charge in [-0.1, -0.05) is 6.92 Å². The molecule has 1 N–H and O–H groups in total. The summed E-state index contributed by atoms with van der Waals surface area (Å²) in [6, 6.07) is 7.04. The van der Waals surface area contributed by atoms with Crippen LogP contribution in [0.1, 0.15) is 44.3 Å². The lowest BCUT2D eigenvalue weighted by atomic mass is 9.39. The largest absolute Gasteiger partial charge is 0.501 e. The van der Waals surface area contributed by atoms with Crippen LogP contribution in [0.15, 0.2) is 59.1 Å². The molecule has 2 saturated carbocycles. The lowest BCUT2D eigenvalue weighted by Crippen LogP contribution is -2.66. The molecular formula is C28H28FNO7. The number of allylic oxidation sites excluding steroid dienone is 2. The van der Waals surface area contributed by atoms with E-state index >= 15 is 0 Å². The molecule has 0 unspecified atom stereocenters. The molecule has 0 bridgehead atoms. The predicted octanol–water partition coefficient (Wildman–Crippen LogP) is 5.18. The molecule has 194 valence electrons. The van der Waals surface area contributed by atoms with Crippen LogP contribution in [-0.2, 0) is 23.8 Å². The quantitative estimate of drug-likeness (QED) is 0.567. The number of methoxy groups -OCH3 is 1. The fourth-order valence-corrected chi connectivity index (χ4v) is 7.36. The van der Waals surface area contributed by atoms with Gasteiger partial charge in [-0.25, -0.2) is 9.18 Å². The lowest BCUT2D eigenvalue weighted by molar-refractivity contribution is -0.205. The minimum absolute atomic E-state index is 0.105. The molecule has 7 atom stereocenters. The summed E-state index contributed by atoms with van der Waals surface area (Å²) >= 11 is 0. The molecule has 1 aliphatic heterocycles. The van der Waals surface area contributed by atoms with Crippen LogP contribution < -0.4 is 5.32 Å². The van der Waals surface area contributed by atoms with Crippen molar-refractivity contribution < 1.29 is 37.4 Å². The normalized spacial score (nSPS) is 36.1. The number of anilines is 1. The van der Waals surface area contributed by atoms with Crippen molar-refractivity contribution in [1.82, 2.24) is 0 Å². The van der Waals surface area contributed by atoms with E-state index in [1.165, 1.54) is 30.5 Å². The van der Waals surface area contributed by atoms with Gasteiger partial charge in [-0.2, -0.15) is 0 Å². The molecule has 37 heavy (non-hydrogen) atoms. The smallest absolute Gasteiger partial charge is 0.412 e. The second kappa shape index (κ2) is 8.46. The molecule has 0 radical (unpaired) electrons. The highest BCUT2D eigenvalue weighted by Gasteiger charge is 2.70. The first kappa shape index (κ1) is 23.8. The van der Waals surface area contributed by atoms with Gasteiger partial charge in [-0.05, 0) is 61.1 Å². The maximum Gasteiger partial charge on any atom is 0.412 e. The number of Topliss-reactive ketones (excluding diaryl/α,β-unsaturated/α-hetero) is 1. The summed E-state index contributed by atoms with van der Waals surface area (Å²) in [5.41, 5.74) is -0.0660. The zero-order chi connectivity index (χ0) is 25.9. The Morgan fingerprint density at radius 3 is 2.65 bits per heavy atom. The number of esters is 1. The fourth-order valence-electron chi connectivity index (χ4n) is 7.36. The third-order valence-corrected chi connectivity index (χ3v) is 8.97. The molecule has 1 spiro atoms. The van der Waals surface area contributed by atoms with Gasteiger partial charge in [-0.3, -0.25) is 14.9 Å². The molecule has 2 heterocycles. The van der Waals surface area contributed by atoms with Crippen molar-refractivity contribution in [3.05, 3.63) is 66.1 Å². The zero-order valence-electron chi connectivity index (χ0n) is 20.6. The SMILES string of the molecule is COC1=C[C@@]23CC[C@H]4C(=O)O[C@H](c5ccoc5)C[C@]4(C)[C@H]2C(=O)[C@@H](OC(=O)Nc2ccc(F)cc2)C[C@@H]13. The van der Waals surface area contributed by atoms with E-state index in [-0.39, 0.29) is 17.7 Å². The first-order valence-corrected chi connectivity index (χ1v) is 12.5. The molecule has 1 aromatic heterocycles. The van der Waals surface area contributed by atoms with Gasteiger partial charge in [0.25, 0.3) is 0 Å². The Morgan fingerprint density at radius 1 is 1.16 bits per heavy atom. The average Bonchev–Trinajstić information content (AvgIpc) is 3.39. The number of cyclic esters (lactones) is 1. The first-order valence-electron chi connectivity index (χ1n) is 12.5. The highest BCUT2D eigenvalue weighted by molar-refractivity contribution is 5.94. The number of fused-ring (bicyclic) bond motifs is 2. The number of carbonyl (C=O) groups excluding carboxylic acids is 3. The number of hydrogen-bond donors (Lipinski definition) is 1. The van der Waals surface area contributed by atoms with E-state index in [0.717, 1.165) is 11.3 Å². The minimum atomic E-state index is -1.01. The number of ether oxygens (including phenoxy) is 3. The maximum absolute atomic E-state index is 14.1. The first-order chi connectivity index (χ1) is 17.7. The Morgan fingerprint density at radius 2 is 1.95 bits per heavy atom. The Balaban J connectivity index is 1.32. The number of ketones is 1. The third-order valence-electron chi connectivity index (χ3n) is 8.97. The molecule has 4 aliphatic rings. The summed E-state index contributed by atoms with van der Waals surface area (Å²) in [6.07, 6.45) is 4.83. The van der Waals surface area contributed by atoms with Crippen molar-refractivity contribution in [2.75, 3.05) is 12.4 Å². The molecule has 9 heteroatoms. The van der Waals surface area contributed by atoms with Crippen molar-refractivity contribution in [3.63, 3.8) is 0 Å². The van der Waals surface area contributed by atoms with Crippen molar-refractivity contribution in [3.8, 4) is 0 Å². The molecule has 3 fully saturated rings. The molecule has 2 aromatic rings. The minimum Gasteiger partial charge on any atom is -0.501 e. The number of amides is 1. The molecule has 8 nitrogen and oxygen atoms in total. The zero-order valence-corrected chi connectivity index (χ0v) is 20.6. The molecule has 1 aromatic carbocycles. The number of benzene rings is 1. The summed E-state index contributed by atoms with van der Waals surface area (Å²) in [5, 5.41) is 2.56. The second-order valence-electron chi connectivity index (χ2n) is 10.8. The van der Waals surface area contributed by atoms with Crippen LogP contribution in [0.5, 0.6) is 0 Å². The van der Waals surface area contributed by atoms with Crippen LogP contribution in [0.3, 0.4) is 0 Å². The van der Waals surface area contributed by atoms with E-state index in [1.54, 1.807) is 19.4 Å². The van der Waals surface area contributed by atoms with E-state index in [2.05, 4.69) is 5.32 Å². The molecule has 1 amide bonds. The van der Waals surface area contributed by atoms with Crippen molar-refractivity contribution in [2.45, 2.75) is 44.8 Å². The number of rotatable bonds is 4. The van der Waals surface area contributed by atoms with Crippen molar-refractivity contribution in [1.29, 1.82) is 0 Å². The number of halogens is 1. The number of hydrogen-bond acceptors (Lipinski definition) is 7. The number of furan rings is 1. The Labute approximate surface area is 213 Å². The van der Waals surface area contributed by atoms with Crippen LogP contribution in [0.25, 0.3) is 0 Å². The summed E-state index contributed by atoms with van der Waals surface area (Å²) in [7, 11) is 1.60. The average molecular weight is 510 g/mol. The summed E-state index contributed by atoms with van der Waals surface area (Å²) in [4.78, 5) is 40.1. The topological polar surface area (TPSA) is 104 Å². The number of carbonyl (C=O) groups is 3. The predicted molar refractivity (Wildman–Crippen MR) is 127 cm³/mol. The third kappa shape index (κ3) is 3.58. The van der Waals surface area contributed by atoms with Crippen LogP contribution in [0.4, 0.5) is 14.9 Å². The summed E-state index contributed by atoms with van der Waals surface area (Å²) in [6.45, 7) is 1.99. The second-order valence-corrected chi connectivity index (χ2v) is 10.8. The monoisotopic (exact) mass is 509 g/mol. The van der Waals surface area contributed by atoms with E-state index < -0.39 is 46.8 Å². The van der Waals surface area contributed by atoms with Gasteiger partial charge < -0.3 is 18.6 Å². The Bertz CT molecular complexity index is 1270. The Kier molecular flexibility index (Phi) is 5.43. The van der Waals surface area contributed by atoms with Gasteiger partial charge in [0.05, 0.1) is 31.3 Å². The van der Waals surface area contributed by atoms with Gasteiger partial charge in [0.15, 0.2) is 11.9 Å². The van der Waals surface area contributed by atoms with Gasteiger partial charge in [-0.15, -0.1) is 0 Å². The van der Waals surface area contributed by atoms with Gasteiger partial charge >= 0.3 is 12.1 Å². The summed E-state index contributed by atoms with van der Waals surface area (Å²) in [5.74, 6) is -1.26. The van der Waals surface area contributed by atoms with E-state index in [0.29, 0.717) is 31.4 Å². The van der Waals surface area contributed by atoms with Crippen LogP contribution in [0, 0.1) is 34.4 Å². The van der Waals surface area contributed by atoms with Crippen LogP contribution in [0.2, 0.25) is 0 Å². The van der Waals surface area contributed by atoms with Gasteiger partial charge in [0, 0.05) is 34.9 Å². The van der Waals surface area contributed by atoms with Crippen molar-refractivity contribution in [2.24, 2.45) is 28.6 Å². The van der Waals surface area contributed by atoms with Crippen LogP contribution >= 0.6 is 0 Å². The summed E-state index contributed by atoms with van der Waals surface area (Å²) < 4.78 is 35.5. The maximum atomic E-state index is 14.1. The number of nitrogens with one attached hydrogen (secondary N) is 1. The van der Waals surface area contributed by atoms with Gasteiger partial charge in [0.1, 0.15) is 11.9 Å². The highest BCUT2D eigenvalue weighted by atomic mass is 19.1. The van der Waals surface area contributed by atoms with Gasteiger partial charge in [0.2, 0.25) is 0 Å². The standard InChI is InChI=1S/C28H28FNO7/c1-27-12-21(15-8-10-35-14-15)36-25(32)18(27)7-9-28-13-22(34-2)19(28)11-20(23(31)24(27)28)37-26(33)30-17-5-3-16(29)4-6-17/h3-6,8,10,13-14,18-21,24H,7,9,11-12H2,1-2H3,(H,30,33)/t18-,19-,20-,21-,24+,27-,28+/m0/s1. The van der Waals surface area contributed by atoms with E-state index in [9.17, 15) is 18.8 Å².